The average molecular weight is 307 g/mol. The second kappa shape index (κ2) is 7.79. The average Bonchev–Trinajstić information content (AvgIpc) is 2.55. The van der Waals surface area contributed by atoms with Crippen LogP contribution in [-0.2, 0) is 0 Å². The van der Waals surface area contributed by atoms with Crippen LogP contribution in [0.4, 0.5) is 0 Å². The van der Waals surface area contributed by atoms with E-state index in [0.29, 0.717) is 12.5 Å². The van der Waals surface area contributed by atoms with E-state index in [0.717, 1.165) is 34.8 Å². The molecule has 0 heterocycles. The highest BCUT2D eigenvalue weighted by Gasteiger charge is 2.06. The minimum absolute atomic E-state index is 0.615. The van der Waals surface area contributed by atoms with Gasteiger partial charge < -0.3 is 14.2 Å². The highest BCUT2D eigenvalue weighted by Crippen LogP contribution is 2.32. The Balaban J connectivity index is 2.14. The fraction of sp³-hybridized carbons (Fsp3) is 0.294. The van der Waals surface area contributed by atoms with Gasteiger partial charge in [-0.1, -0.05) is 18.2 Å². The molecule has 2 aromatic carbocycles. The molecule has 0 fully saturated rings. The van der Waals surface area contributed by atoms with E-state index < -0.39 is 0 Å². The van der Waals surface area contributed by atoms with Crippen LogP contribution in [0.1, 0.15) is 6.42 Å². The first kappa shape index (κ1) is 15.5. The van der Waals surface area contributed by atoms with Gasteiger partial charge in [-0.05, 0) is 41.8 Å². The molecule has 0 aliphatic carbocycles. The number of methoxy groups -OCH3 is 2. The summed E-state index contributed by atoms with van der Waals surface area (Å²) in [4.78, 5) is 0. The third-order valence-corrected chi connectivity index (χ3v) is 3.39. The summed E-state index contributed by atoms with van der Waals surface area (Å²) >= 11 is 5.62. The summed E-state index contributed by atoms with van der Waals surface area (Å²) in [5.41, 5.74) is 2.17. The SMILES string of the molecule is COc1ccc(-c2ccc(OCCCCl)cc2)cc1OC. The summed E-state index contributed by atoms with van der Waals surface area (Å²) in [5, 5.41) is 0. The van der Waals surface area contributed by atoms with Gasteiger partial charge in [0, 0.05) is 5.88 Å². The van der Waals surface area contributed by atoms with Gasteiger partial charge in [0.05, 0.1) is 20.8 Å². The van der Waals surface area contributed by atoms with Crippen molar-refractivity contribution >= 4 is 11.6 Å². The molecule has 21 heavy (non-hydrogen) atoms. The highest BCUT2D eigenvalue weighted by molar-refractivity contribution is 6.17. The van der Waals surface area contributed by atoms with E-state index in [1.54, 1.807) is 14.2 Å². The maximum atomic E-state index is 5.62. The fourth-order valence-electron chi connectivity index (χ4n) is 2.00. The molecular weight excluding hydrogens is 288 g/mol. The lowest BCUT2D eigenvalue weighted by Gasteiger charge is -2.10. The molecule has 3 nitrogen and oxygen atoms in total. The Hall–Kier alpha value is -1.87. The number of hydrogen-bond donors (Lipinski definition) is 0. The van der Waals surface area contributed by atoms with Gasteiger partial charge in [-0.2, -0.15) is 0 Å². The first-order valence-electron chi connectivity index (χ1n) is 6.79. The second-order valence-corrected chi connectivity index (χ2v) is 4.86. The van der Waals surface area contributed by atoms with Gasteiger partial charge >= 0.3 is 0 Å². The molecule has 0 aromatic heterocycles. The van der Waals surface area contributed by atoms with Gasteiger partial charge in [-0.3, -0.25) is 0 Å². The summed E-state index contributed by atoms with van der Waals surface area (Å²) in [5.74, 6) is 2.91. The van der Waals surface area contributed by atoms with E-state index in [-0.39, 0.29) is 0 Å². The van der Waals surface area contributed by atoms with Gasteiger partial charge in [0.2, 0.25) is 0 Å². The Bertz CT molecular complexity index is 567. The van der Waals surface area contributed by atoms with Crippen LogP contribution in [0, 0.1) is 0 Å². The lowest BCUT2D eigenvalue weighted by atomic mass is 10.1. The first-order valence-corrected chi connectivity index (χ1v) is 7.33. The van der Waals surface area contributed by atoms with E-state index in [4.69, 9.17) is 25.8 Å². The van der Waals surface area contributed by atoms with Crippen molar-refractivity contribution in [3.8, 4) is 28.4 Å². The molecule has 0 amide bonds. The third-order valence-electron chi connectivity index (χ3n) is 3.12. The zero-order valence-electron chi connectivity index (χ0n) is 12.3. The standard InChI is InChI=1S/C17H19ClO3/c1-19-16-9-6-14(12-17(16)20-2)13-4-7-15(8-5-13)21-11-3-10-18/h4-9,12H,3,10-11H2,1-2H3. The molecule has 0 aliphatic heterocycles. The minimum Gasteiger partial charge on any atom is -0.494 e. The third kappa shape index (κ3) is 4.05. The van der Waals surface area contributed by atoms with E-state index in [1.165, 1.54) is 0 Å². The lowest BCUT2D eigenvalue weighted by molar-refractivity contribution is 0.318. The first-order chi connectivity index (χ1) is 10.3. The van der Waals surface area contributed by atoms with Crippen molar-refractivity contribution < 1.29 is 14.2 Å². The van der Waals surface area contributed by atoms with Gasteiger partial charge in [-0.25, -0.2) is 0 Å². The Labute approximate surface area is 130 Å². The van der Waals surface area contributed by atoms with Crippen molar-refractivity contribution in [2.24, 2.45) is 0 Å². The fourth-order valence-corrected chi connectivity index (χ4v) is 2.11. The zero-order chi connectivity index (χ0) is 15.1. The van der Waals surface area contributed by atoms with Crippen LogP contribution in [0.2, 0.25) is 0 Å². The number of ether oxygens (including phenoxy) is 3. The lowest BCUT2D eigenvalue weighted by Crippen LogP contribution is -1.97. The Kier molecular flexibility index (Phi) is 5.76. The molecule has 0 saturated heterocycles. The smallest absolute Gasteiger partial charge is 0.161 e. The quantitative estimate of drug-likeness (QED) is 0.561. The molecule has 0 saturated carbocycles. The minimum atomic E-state index is 0.615. The Morgan fingerprint density at radius 1 is 0.857 bits per heavy atom. The van der Waals surface area contributed by atoms with E-state index >= 15 is 0 Å². The van der Waals surface area contributed by atoms with Crippen molar-refractivity contribution in [3.05, 3.63) is 42.5 Å². The van der Waals surface area contributed by atoms with Crippen LogP contribution in [0.25, 0.3) is 11.1 Å². The molecule has 0 unspecified atom stereocenters. The number of halogens is 1. The molecule has 0 spiro atoms. The number of alkyl halides is 1. The van der Waals surface area contributed by atoms with Crippen LogP contribution in [0.15, 0.2) is 42.5 Å². The predicted molar refractivity (Wildman–Crippen MR) is 85.8 cm³/mol. The Morgan fingerprint density at radius 3 is 2.14 bits per heavy atom. The van der Waals surface area contributed by atoms with Gasteiger partial charge in [0.1, 0.15) is 5.75 Å². The molecule has 0 atom stereocenters. The van der Waals surface area contributed by atoms with Crippen LogP contribution >= 0.6 is 11.6 Å². The molecular formula is C17H19ClO3. The van der Waals surface area contributed by atoms with Gasteiger partial charge in [0.15, 0.2) is 11.5 Å². The van der Waals surface area contributed by atoms with E-state index in [1.807, 2.05) is 42.5 Å². The van der Waals surface area contributed by atoms with Crippen molar-refractivity contribution in [3.63, 3.8) is 0 Å². The van der Waals surface area contributed by atoms with E-state index in [9.17, 15) is 0 Å². The molecule has 0 aliphatic rings. The largest absolute Gasteiger partial charge is 0.494 e. The molecule has 2 rings (SSSR count). The van der Waals surface area contributed by atoms with Crippen molar-refractivity contribution in [1.82, 2.24) is 0 Å². The summed E-state index contributed by atoms with van der Waals surface area (Å²) in [7, 11) is 3.26. The zero-order valence-corrected chi connectivity index (χ0v) is 13.0. The Morgan fingerprint density at radius 2 is 1.52 bits per heavy atom. The molecule has 0 N–H and O–H groups in total. The van der Waals surface area contributed by atoms with Crippen LogP contribution in [-0.4, -0.2) is 26.7 Å². The molecule has 112 valence electrons. The summed E-state index contributed by atoms with van der Waals surface area (Å²) in [6, 6.07) is 13.8. The van der Waals surface area contributed by atoms with Crippen LogP contribution in [0.5, 0.6) is 17.2 Å². The number of rotatable bonds is 7. The highest BCUT2D eigenvalue weighted by atomic mass is 35.5. The second-order valence-electron chi connectivity index (χ2n) is 4.49. The number of benzene rings is 2. The monoisotopic (exact) mass is 306 g/mol. The molecule has 0 radical (unpaired) electrons. The normalized spacial score (nSPS) is 10.2. The van der Waals surface area contributed by atoms with Gasteiger partial charge in [-0.15, -0.1) is 11.6 Å². The molecule has 4 heteroatoms. The topological polar surface area (TPSA) is 27.7 Å². The van der Waals surface area contributed by atoms with Crippen molar-refractivity contribution in [2.75, 3.05) is 26.7 Å². The van der Waals surface area contributed by atoms with E-state index in [2.05, 4.69) is 0 Å². The maximum Gasteiger partial charge on any atom is 0.161 e. The summed E-state index contributed by atoms with van der Waals surface area (Å²) in [6.45, 7) is 0.638. The van der Waals surface area contributed by atoms with Crippen molar-refractivity contribution in [1.29, 1.82) is 0 Å². The summed E-state index contributed by atoms with van der Waals surface area (Å²) < 4.78 is 16.2. The molecule has 2 aromatic rings. The van der Waals surface area contributed by atoms with Crippen LogP contribution in [0.3, 0.4) is 0 Å². The van der Waals surface area contributed by atoms with Crippen molar-refractivity contribution in [2.45, 2.75) is 6.42 Å². The van der Waals surface area contributed by atoms with Gasteiger partial charge in [0.25, 0.3) is 0 Å². The van der Waals surface area contributed by atoms with Crippen LogP contribution < -0.4 is 14.2 Å². The predicted octanol–water partition coefficient (Wildman–Crippen LogP) is 4.38. The maximum absolute atomic E-state index is 5.62. The number of hydrogen-bond acceptors (Lipinski definition) is 3. The molecule has 0 bridgehead atoms. The summed E-state index contributed by atoms with van der Waals surface area (Å²) in [6.07, 6.45) is 0.846.